The summed E-state index contributed by atoms with van der Waals surface area (Å²) in [6.07, 6.45) is 3.19. The van der Waals surface area contributed by atoms with Gasteiger partial charge in [0.15, 0.2) is 5.13 Å². The smallest absolute Gasteiger partial charge is 0.250 e. The maximum Gasteiger partial charge on any atom is 0.250 e. The van der Waals surface area contributed by atoms with Gasteiger partial charge in [0.2, 0.25) is 5.91 Å². The lowest BCUT2D eigenvalue weighted by Gasteiger charge is -1.96. The first-order valence-electron chi connectivity index (χ1n) is 6.82. The van der Waals surface area contributed by atoms with Crippen LogP contribution in [0.15, 0.2) is 42.5 Å². The summed E-state index contributed by atoms with van der Waals surface area (Å²) < 4.78 is 0.990. The molecule has 0 aliphatic heterocycles. The van der Waals surface area contributed by atoms with Gasteiger partial charge >= 0.3 is 0 Å². The average molecular weight is 363 g/mol. The zero-order chi connectivity index (χ0) is 16.4. The SMILES string of the molecule is Cc1cc2sc(NC(=O)/C=C/c3ccc(Cl)cc3)nc2cc1Cl. The van der Waals surface area contributed by atoms with Crippen LogP contribution in [0.25, 0.3) is 16.3 Å². The molecule has 2 aromatic carbocycles. The number of carbonyl (C=O) groups excluding carboxylic acids is 1. The van der Waals surface area contributed by atoms with E-state index in [1.807, 2.05) is 31.2 Å². The number of rotatable bonds is 3. The number of amides is 1. The number of hydrogen-bond acceptors (Lipinski definition) is 3. The Morgan fingerprint density at radius 2 is 1.96 bits per heavy atom. The first-order valence-corrected chi connectivity index (χ1v) is 8.40. The minimum Gasteiger partial charge on any atom is -0.298 e. The summed E-state index contributed by atoms with van der Waals surface area (Å²) in [6.45, 7) is 1.94. The highest BCUT2D eigenvalue weighted by atomic mass is 35.5. The molecule has 3 nitrogen and oxygen atoms in total. The maximum atomic E-state index is 12.0. The van der Waals surface area contributed by atoms with Crippen molar-refractivity contribution in [1.29, 1.82) is 0 Å². The van der Waals surface area contributed by atoms with Gasteiger partial charge in [-0.3, -0.25) is 10.1 Å². The predicted molar refractivity (Wildman–Crippen MR) is 98.5 cm³/mol. The molecule has 0 aliphatic carbocycles. The second kappa shape index (κ2) is 6.71. The van der Waals surface area contributed by atoms with Gasteiger partial charge in [0.25, 0.3) is 0 Å². The Morgan fingerprint density at radius 1 is 1.22 bits per heavy atom. The molecule has 0 spiro atoms. The van der Waals surface area contributed by atoms with Crippen molar-refractivity contribution in [3.63, 3.8) is 0 Å². The topological polar surface area (TPSA) is 42.0 Å². The fraction of sp³-hybridized carbons (Fsp3) is 0.0588. The van der Waals surface area contributed by atoms with Gasteiger partial charge in [0, 0.05) is 16.1 Å². The van der Waals surface area contributed by atoms with Crippen LogP contribution in [0.5, 0.6) is 0 Å². The minimum atomic E-state index is -0.234. The van der Waals surface area contributed by atoms with Crippen LogP contribution >= 0.6 is 34.5 Å². The van der Waals surface area contributed by atoms with E-state index in [0.717, 1.165) is 21.3 Å². The van der Waals surface area contributed by atoms with Crippen molar-refractivity contribution in [2.45, 2.75) is 6.92 Å². The molecule has 1 aromatic heterocycles. The number of thiazole rings is 1. The van der Waals surface area contributed by atoms with Gasteiger partial charge < -0.3 is 0 Å². The van der Waals surface area contributed by atoms with E-state index in [2.05, 4.69) is 10.3 Å². The number of carbonyl (C=O) groups is 1. The molecule has 116 valence electrons. The standard InChI is InChI=1S/C17H12Cl2N2OS/c1-10-8-15-14(9-13(10)19)20-17(23-15)21-16(22)7-4-11-2-5-12(18)6-3-11/h2-9H,1H3,(H,20,21,22)/b7-4+. The molecule has 23 heavy (non-hydrogen) atoms. The highest BCUT2D eigenvalue weighted by Crippen LogP contribution is 2.30. The Labute approximate surface area is 147 Å². The number of benzene rings is 2. The van der Waals surface area contributed by atoms with Crippen LogP contribution < -0.4 is 5.32 Å². The molecule has 1 N–H and O–H groups in total. The zero-order valence-electron chi connectivity index (χ0n) is 12.1. The third kappa shape index (κ3) is 3.91. The second-order valence-electron chi connectivity index (χ2n) is 4.96. The molecular formula is C17H12Cl2N2OS. The highest BCUT2D eigenvalue weighted by molar-refractivity contribution is 7.22. The van der Waals surface area contributed by atoms with E-state index in [0.29, 0.717) is 15.2 Å². The van der Waals surface area contributed by atoms with Crippen LogP contribution in [0.4, 0.5) is 5.13 Å². The molecule has 0 aliphatic rings. The van der Waals surface area contributed by atoms with Crippen molar-refractivity contribution < 1.29 is 4.79 Å². The number of fused-ring (bicyclic) bond motifs is 1. The number of hydrogen-bond donors (Lipinski definition) is 1. The van der Waals surface area contributed by atoms with E-state index in [4.69, 9.17) is 23.2 Å². The molecular weight excluding hydrogens is 351 g/mol. The summed E-state index contributed by atoms with van der Waals surface area (Å²) in [6, 6.07) is 11.0. The Balaban J connectivity index is 1.73. The Hall–Kier alpha value is -1.88. The summed E-state index contributed by atoms with van der Waals surface area (Å²) in [5.41, 5.74) is 2.67. The summed E-state index contributed by atoms with van der Waals surface area (Å²) >= 11 is 13.3. The fourth-order valence-electron chi connectivity index (χ4n) is 2.00. The Kier molecular flexibility index (Phi) is 4.66. The van der Waals surface area contributed by atoms with E-state index in [1.54, 1.807) is 18.2 Å². The molecule has 1 amide bonds. The number of anilines is 1. The summed E-state index contributed by atoms with van der Waals surface area (Å²) in [4.78, 5) is 16.4. The lowest BCUT2D eigenvalue weighted by atomic mass is 10.2. The van der Waals surface area contributed by atoms with E-state index < -0.39 is 0 Å². The van der Waals surface area contributed by atoms with Crippen LogP contribution in [-0.2, 0) is 4.79 Å². The largest absolute Gasteiger partial charge is 0.298 e. The van der Waals surface area contributed by atoms with E-state index >= 15 is 0 Å². The van der Waals surface area contributed by atoms with Crippen LogP contribution in [0.3, 0.4) is 0 Å². The van der Waals surface area contributed by atoms with Gasteiger partial charge in [-0.05, 0) is 48.4 Å². The minimum absolute atomic E-state index is 0.234. The molecule has 0 saturated heterocycles. The van der Waals surface area contributed by atoms with Crippen molar-refractivity contribution in [1.82, 2.24) is 4.98 Å². The van der Waals surface area contributed by atoms with Crippen molar-refractivity contribution in [2.24, 2.45) is 0 Å². The number of halogens is 2. The number of nitrogens with zero attached hydrogens (tertiary/aromatic N) is 1. The van der Waals surface area contributed by atoms with E-state index in [9.17, 15) is 4.79 Å². The maximum absolute atomic E-state index is 12.0. The Morgan fingerprint density at radius 3 is 2.70 bits per heavy atom. The molecule has 0 bridgehead atoms. The highest BCUT2D eigenvalue weighted by Gasteiger charge is 2.08. The third-order valence-corrected chi connectivity index (χ3v) is 4.79. The van der Waals surface area contributed by atoms with Gasteiger partial charge in [-0.2, -0.15) is 0 Å². The lowest BCUT2D eigenvalue weighted by Crippen LogP contribution is -2.07. The van der Waals surface area contributed by atoms with Crippen molar-refractivity contribution in [2.75, 3.05) is 5.32 Å². The molecule has 6 heteroatoms. The van der Waals surface area contributed by atoms with Gasteiger partial charge in [-0.25, -0.2) is 4.98 Å². The summed E-state index contributed by atoms with van der Waals surface area (Å²) in [5.74, 6) is -0.234. The molecule has 0 fully saturated rings. The summed E-state index contributed by atoms with van der Waals surface area (Å²) in [5, 5.41) is 4.64. The van der Waals surface area contributed by atoms with Crippen molar-refractivity contribution in [3.05, 3.63) is 63.6 Å². The molecule has 0 saturated carbocycles. The van der Waals surface area contributed by atoms with Crippen molar-refractivity contribution >= 4 is 61.9 Å². The fourth-order valence-corrected chi connectivity index (χ4v) is 3.23. The molecule has 1 heterocycles. The zero-order valence-corrected chi connectivity index (χ0v) is 14.5. The first-order chi connectivity index (χ1) is 11.0. The molecule has 0 radical (unpaired) electrons. The van der Waals surface area contributed by atoms with E-state index in [1.165, 1.54) is 17.4 Å². The van der Waals surface area contributed by atoms with Crippen molar-refractivity contribution in [3.8, 4) is 0 Å². The van der Waals surface area contributed by atoms with Gasteiger partial charge in [-0.1, -0.05) is 46.7 Å². The molecule has 0 atom stereocenters. The van der Waals surface area contributed by atoms with E-state index in [-0.39, 0.29) is 5.91 Å². The second-order valence-corrected chi connectivity index (χ2v) is 6.84. The Bertz CT molecular complexity index is 862. The quantitative estimate of drug-likeness (QED) is 0.619. The average Bonchev–Trinajstić information content (AvgIpc) is 2.88. The number of aryl methyl sites for hydroxylation is 1. The first kappa shape index (κ1) is 16.0. The molecule has 3 aromatic rings. The molecule has 0 unspecified atom stereocenters. The van der Waals surface area contributed by atoms with Crippen LogP contribution in [0.1, 0.15) is 11.1 Å². The normalized spacial score (nSPS) is 11.3. The lowest BCUT2D eigenvalue weighted by molar-refractivity contribution is -0.111. The van der Waals surface area contributed by atoms with Crippen LogP contribution in [0.2, 0.25) is 10.0 Å². The number of aromatic nitrogens is 1. The van der Waals surface area contributed by atoms with Gasteiger partial charge in [-0.15, -0.1) is 0 Å². The van der Waals surface area contributed by atoms with Crippen LogP contribution in [-0.4, -0.2) is 10.9 Å². The van der Waals surface area contributed by atoms with Gasteiger partial charge in [0.05, 0.1) is 10.2 Å². The molecule has 3 rings (SSSR count). The summed E-state index contributed by atoms with van der Waals surface area (Å²) in [7, 11) is 0. The van der Waals surface area contributed by atoms with Crippen LogP contribution in [0, 0.1) is 6.92 Å². The predicted octanol–water partition coefficient (Wildman–Crippen LogP) is 5.56. The number of nitrogens with one attached hydrogen (secondary N) is 1. The van der Waals surface area contributed by atoms with Gasteiger partial charge in [0.1, 0.15) is 0 Å². The monoisotopic (exact) mass is 362 g/mol. The third-order valence-electron chi connectivity index (χ3n) is 3.20.